The van der Waals surface area contributed by atoms with Crippen molar-refractivity contribution in [2.24, 2.45) is 0 Å². The summed E-state index contributed by atoms with van der Waals surface area (Å²) in [7, 11) is 0. The molecule has 3 aromatic heterocycles. The molecule has 0 atom stereocenters. The maximum absolute atomic E-state index is 12.1. The van der Waals surface area contributed by atoms with E-state index < -0.39 is 0 Å². The van der Waals surface area contributed by atoms with Crippen molar-refractivity contribution in [1.82, 2.24) is 19.7 Å². The molecule has 3 heterocycles. The highest BCUT2D eigenvalue weighted by Crippen LogP contribution is 2.22. The van der Waals surface area contributed by atoms with Crippen LogP contribution in [0.1, 0.15) is 0 Å². The molecule has 0 aliphatic rings. The second-order valence-electron chi connectivity index (χ2n) is 4.18. The normalized spacial score (nSPS) is 10.5. The van der Waals surface area contributed by atoms with Gasteiger partial charge >= 0.3 is 0 Å². The van der Waals surface area contributed by atoms with Crippen molar-refractivity contribution in [3.05, 3.63) is 46.7 Å². The van der Waals surface area contributed by atoms with E-state index in [9.17, 15) is 4.79 Å². The van der Waals surface area contributed by atoms with Gasteiger partial charge in [-0.15, -0.1) is 11.3 Å². The lowest BCUT2D eigenvalue weighted by Gasteiger charge is -2.06. The van der Waals surface area contributed by atoms with Crippen LogP contribution in [-0.4, -0.2) is 25.7 Å². The summed E-state index contributed by atoms with van der Waals surface area (Å²) in [5.41, 5.74) is 0. The fourth-order valence-corrected chi connectivity index (χ4v) is 2.74. The number of aromatic amines is 1. The molecule has 0 aliphatic heterocycles. The van der Waals surface area contributed by atoms with Crippen LogP contribution in [0.25, 0.3) is 10.7 Å². The van der Waals surface area contributed by atoms with Gasteiger partial charge in [-0.25, -0.2) is 4.98 Å². The van der Waals surface area contributed by atoms with Crippen LogP contribution in [-0.2, 0) is 11.3 Å². The summed E-state index contributed by atoms with van der Waals surface area (Å²) < 4.78 is 2.08. The molecule has 1 amide bonds. The Morgan fingerprint density at radius 2 is 2.29 bits per heavy atom. The summed E-state index contributed by atoms with van der Waals surface area (Å²) in [4.78, 5) is 17.1. The first-order chi connectivity index (χ1) is 10.2. The van der Waals surface area contributed by atoms with Crippen LogP contribution in [0.3, 0.4) is 0 Å². The average Bonchev–Trinajstić information content (AvgIpc) is 3.11. The minimum Gasteiger partial charge on any atom is -0.309 e. The lowest BCUT2D eigenvalue weighted by molar-refractivity contribution is -0.116. The number of pyridine rings is 1. The van der Waals surface area contributed by atoms with Gasteiger partial charge in [-0.1, -0.05) is 12.1 Å². The molecule has 3 aromatic rings. The Bertz CT molecular complexity index is 792. The predicted molar refractivity (Wildman–Crippen MR) is 83.6 cm³/mol. The van der Waals surface area contributed by atoms with Crippen LogP contribution in [0.15, 0.2) is 41.9 Å². The van der Waals surface area contributed by atoms with Gasteiger partial charge in [0, 0.05) is 6.20 Å². The quantitative estimate of drug-likeness (QED) is 0.726. The Balaban J connectivity index is 1.81. The number of amides is 1. The van der Waals surface area contributed by atoms with Crippen molar-refractivity contribution in [2.45, 2.75) is 6.54 Å². The number of rotatable bonds is 4. The van der Waals surface area contributed by atoms with E-state index in [0.717, 1.165) is 4.88 Å². The topological polar surface area (TPSA) is 75.6 Å². The van der Waals surface area contributed by atoms with E-state index in [4.69, 9.17) is 12.2 Å². The summed E-state index contributed by atoms with van der Waals surface area (Å²) in [6.07, 6.45) is 1.62. The minimum atomic E-state index is -0.205. The van der Waals surface area contributed by atoms with Gasteiger partial charge in [0.15, 0.2) is 10.6 Å². The Morgan fingerprint density at radius 1 is 1.38 bits per heavy atom. The molecule has 0 saturated heterocycles. The van der Waals surface area contributed by atoms with Crippen LogP contribution in [0.4, 0.5) is 5.82 Å². The molecule has 0 saturated carbocycles. The lowest BCUT2D eigenvalue weighted by Crippen LogP contribution is -2.19. The molecule has 6 nitrogen and oxygen atoms in total. The maximum Gasteiger partial charge on any atom is 0.245 e. The zero-order chi connectivity index (χ0) is 14.7. The van der Waals surface area contributed by atoms with Crippen molar-refractivity contribution in [3.63, 3.8) is 0 Å². The van der Waals surface area contributed by atoms with Gasteiger partial charge < -0.3 is 5.32 Å². The molecule has 0 unspecified atom stereocenters. The Labute approximate surface area is 129 Å². The van der Waals surface area contributed by atoms with Crippen LogP contribution in [0.5, 0.6) is 0 Å². The standard InChI is InChI=1S/C13H11N5OS2/c19-11(15-10-5-1-2-6-14-10)8-18-12(16-17-13(18)20)9-4-3-7-21-9/h1-7H,8H2,(H,17,20)(H,14,15,19). The predicted octanol–water partition coefficient (Wildman–Crippen LogP) is 2.70. The lowest BCUT2D eigenvalue weighted by atomic mass is 10.4. The number of aromatic nitrogens is 4. The van der Waals surface area contributed by atoms with Gasteiger partial charge in [0.05, 0.1) is 4.88 Å². The van der Waals surface area contributed by atoms with Crippen LogP contribution in [0.2, 0.25) is 0 Å². The largest absolute Gasteiger partial charge is 0.309 e. The molecule has 0 aromatic carbocycles. The number of hydrogen-bond donors (Lipinski definition) is 2. The highest BCUT2D eigenvalue weighted by molar-refractivity contribution is 7.71. The Kier molecular flexibility index (Phi) is 3.89. The van der Waals surface area contributed by atoms with Crippen LogP contribution < -0.4 is 5.32 Å². The van der Waals surface area contributed by atoms with Crippen LogP contribution in [0, 0.1) is 4.77 Å². The number of nitrogens with one attached hydrogen (secondary N) is 2. The fraction of sp³-hybridized carbons (Fsp3) is 0.0769. The summed E-state index contributed by atoms with van der Waals surface area (Å²) in [6.45, 7) is 0.0825. The Hall–Kier alpha value is -2.32. The summed E-state index contributed by atoms with van der Waals surface area (Å²) in [5, 5.41) is 11.6. The third kappa shape index (κ3) is 3.06. The molecule has 21 heavy (non-hydrogen) atoms. The van der Waals surface area contributed by atoms with E-state index in [1.165, 1.54) is 0 Å². The van der Waals surface area contributed by atoms with Gasteiger partial charge in [-0.3, -0.25) is 14.5 Å². The third-order valence-electron chi connectivity index (χ3n) is 2.73. The zero-order valence-corrected chi connectivity index (χ0v) is 12.4. The first kappa shape index (κ1) is 13.7. The molecule has 0 spiro atoms. The van der Waals surface area contributed by atoms with Gasteiger partial charge in [-0.05, 0) is 35.8 Å². The van der Waals surface area contributed by atoms with E-state index >= 15 is 0 Å². The van der Waals surface area contributed by atoms with E-state index in [-0.39, 0.29) is 12.5 Å². The molecule has 0 fully saturated rings. The molecule has 8 heteroatoms. The van der Waals surface area contributed by atoms with Crippen molar-refractivity contribution in [2.75, 3.05) is 5.32 Å². The number of carbonyl (C=O) groups excluding carboxylic acids is 1. The second kappa shape index (κ2) is 5.98. The summed E-state index contributed by atoms with van der Waals surface area (Å²) >= 11 is 6.72. The minimum absolute atomic E-state index is 0.0825. The van der Waals surface area contributed by atoms with Gasteiger partial charge in [0.25, 0.3) is 0 Å². The molecule has 0 bridgehead atoms. The number of hydrogen-bond acceptors (Lipinski definition) is 5. The average molecular weight is 317 g/mol. The fourth-order valence-electron chi connectivity index (χ4n) is 1.82. The van der Waals surface area contributed by atoms with Gasteiger partial charge in [0.1, 0.15) is 12.4 Å². The molecule has 0 aliphatic carbocycles. The summed E-state index contributed by atoms with van der Waals surface area (Å²) in [6, 6.07) is 9.19. The van der Waals surface area contributed by atoms with E-state index in [0.29, 0.717) is 16.4 Å². The first-order valence-electron chi connectivity index (χ1n) is 6.14. The van der Waals surface area contributed by atoms with E-state index in [1.807, 2.05) is 23.6 Å². The summed E-state index contributed by atoms with van der Waals surface area (Å²) in [5.74, 6) is 0.963. The third-order valence-corrected chi connectivity index (χ3v) is 3.91. The smallest absolute Gasteiger partial charge is 0.245 e. The second-order valence-corrected chi connectivity index (χ2v) is 5.51. The monoisotopic (exact) mass is 317 g/mol. The SMILES string of the molecule is O=C(Cn1c(-c2cccs2)n[nH]c1=S)Nc1ccccn1. The first-order valence-corrected chi connectivity index (χ1v) is 7.43. The van der Waals surface area contributed by atoms with Crippen molar-refractivity contribution in [3.8, 4) is 10.7 Å². The van der Waals surface area contributed by atoms with Crippen LogP contribution >= 0.6 is 23.6 Å². The number of nitrogens with zero attached hydrogens (tertiary/aromatic N) is 3. The molecule has 3 rings (SSSR count). The molecule has 0 radical (unpaired) electrons. The number of thiophene rings is 1. The zero-order valence-electron chi connectivity index (χ0n) is 10.8. The number of anilines is 1. The van der Waals surface area contributed by atoms with Crippen molar-refractivity contribution < 1.29 is 4.79 Å². The molecular formula is C13H11N5OS2. The highest BCUT2D eigenvalue weighted by atomic mass is 32.1. The van der Waals surface area contributed by atoms with E-state index in [1.54, 1.807) is 34.2 Å². The van der Waals surface area contributed by atoms with Crippen molar-refractivity contribution in [1.29, 1.82) is 0 Å². The Morgan fingerprint density at radius 3 is 3.00 bits per heavy atom. The maximum atomic E-state index is 12.1. The van der Waals surface area contributed by atoms with Gasteiger partial charge in [-0.2, -0.15) is 5.10 Å². The highest BCUT2D eigenvalue weighted by Gasteiger charge is 2.13. The molecule has 2 N–H and O–H groups in total. The molecule has 106 valence electrons. The van der Waals surface area contributed by atoms with Gasteiger partial charge in [0.2, 0.25) is 5.91 Å². The van der Waals surface area contributed by atoms with Crippen molar-refractivity contribution >= 4 is 35.3 Å². The molecular weight excluding hydrogens is 306 g/mol. The number of carbonyl (C=O) groups is 1. The number of H-pyrrole nitrogens is 1. The van der Waals surface area contributed by atoms with E-state index in [2.05, 4.69) is 20.5 Å².